The lowest BCUT2D eigenvalue weighted by atomic mass is 10.1. The summed E-state index contributed by atoms with van der Waals surface area (Å²) in [7, 11) is 3.54. The Morgan fingerprint density at radius 3 is 3.00 bits per heavy atom. The summed E-state index contributed by atoms with van der Waals surface area (Å²) in [5, 5.41) is 3.78. The molecule has 96 valence electrons. The lowest BCUT2D eigenvalue weighted by Crippen LogP contribution is -2.26. The number of hydrogen-bond acceptors (Lipinski definition) is 2. The molecular weight excluding hydrogens is 296 g/mol. The number of hydrogen-bond donors (Lipinski definition) is 1. The second-order valence-corrected chi connectivity index (χ2v) is 4.98. The Morgan fingerprint density at radius 2 is 2.28 bits per heavy atom. The van der Waals surface area contributed by atoms with Crippen molar-refractivity contribution < 1.29 is 9.53 Å². The molecule has 0 radical (unpaired) electrons. The topological polar surface area (TPSA) is 43.3 Å². The molecule has 1 heterocycles. The van der Waals surface area contributed by atoms with Crippen LogP contribution in [0.4, 0.5) is 0 Å². The molecule has 0 fully saturated rings. The first-order valence-corrected chi connectivity index (χ1v) is 6.44. The average molecular weight is 311 g/mol. The van der Waals surface area contributed by atoms with Gasteiger partial charge < -0.3 is 14.6 Å². The Kier molecular flexibility index (Phi) is 4.04. The molecule has 0 spiro atoms. The number of nitrogens with zero attached hydrogens (tertiary/aromatic N) is 1. The van der Waals surface area contributed by atoms with Gasteiger partial charge in [-0.1, -0.05) is 15.9 Å². The number of aromatic nitrogens is 1. The zero-order valence-electron chi connectivity index (χ0n) is 10.4. The smallest absolute Gasteiger partial charge is 0.253 e. The third kappa shape index (κ3) is 2.57. The standard InChI is InChI=1S/C13H15BrN2O2/c1-16-8-11(13(17)15-5-6-18-2)10-7-9(14)3-4-12(10)16/h3-4,7-8H,5-6H2,1-2H3,(H,15,17). The van der Waals surface area contributed by atoms with Crippen LogP contribution in [0.1, 0.15) is 10.4 Å². The Bertz CT molecular complexity index is 578. The normalized spacial score (nSPS) is 10.8. The van der Waals surface area contributed by atoms with E-state index in [4.69, 9.17) is 4.74 Å². The van der Waals surface area contributed by atoms with Gasteiger partial charge in [0.1, 0.15) is 0 Å². The number of rotatable bonds is 4. The second-order valence-electron chi connectivity index (χ2n) is 4.06. The van der Waals surface area contributed by atoms with Gasteiger partial charge in [-0.2, -0.15) is 0 Å². The minimum atomic E-state index is -0.0734. The Morgan fingerprint density at radius 1 is 1.50 bits per heavy atom. The number of benzene rings is 1. The molecule has 4 nitrogen and oxygen atoms in total. The van der Waals surface area contributed by atoms with Crippen molar-refractivity contribution >= 4 is 32.7 Å². The highest BCUT2D eigenvalue weighted by Gasteiger charge is 2.13. The minimum Gasteiger partial charge on any atom is -0.383 e. The zero-order valence-corrected chi connectivity index (χ0v) is 12.0. The lowest BCUT2D eigenvalue weighted by molar-refractivity contribution is 0.0938. The second kappa shape index (κ2) is 5.54. The van der Waals surface area contributed by atoms with E-state index < -0.39 is 0 Å². The Labute approximate surface area is 114 Å². The summed E-state index contributed by atoms with van der Waals surface area (Å²) in [6.07, 6.45) is 1.85. The lowest BCUT2D eigenvalue weighted by Gasteiger charge is -2.03. The minimum absolute atomic E-state index is 0.0734. The van der Waals surface area contributed by atoms with Gasteiger partial charge in [0, 0.05) is 42.3 Å². The SMILES string of the molecule is COCCNC(=O)c1cn(C)c2ccc(Br)cc12. The number of methoxy groups -OCH3 is 1. The summed E-state index contributed by atoms with van der Waals surface area (Å²) < 4.78 is 7.83. The summed E-state index contributed by atoms with van der Waals surface area (Å²) in [5.41, 5.74) is 1.72. The summed E-state index contributed by atoms with van der Waals surface area (Å²) >= 11 is 3.43. The van der Waals surface area contributed by atoms with Crippen molar-refractivity contribution in [3.05, 3.63) is 34.4 Å². The third-order valence-electron chi connectivity index (χ3n) is 2.79. The van der Waals surface area contributed by atoms with Crippen molar-refractivity contribution in [2.24, 2.45) is 7.05 Å². The molecule has 0 atom stereocenters. The summed E-state index contributed by atoms with van der Waals surface area (Å²) in [5.74, 6) is -0.0734. The van der Waals surface area contributed by atoms with Gasteiger partial charge >= 0.3 is 0 Å². The first-order valence-electron chi connectivity index (χ1n) is 5.65. The number of ether oxygens (including phenoxy) is 1. The molecule has 0 saturated heterocycles. The number of carbonyl (C=O) groups is 1. The maximum absolute atomic E-state index is 12.1. The molecular formula is C13H15BrN2O2. The van der Waals surface area contributed by atoms with Crippen molar-refractivity contribution in [1.82, 2.24) is 9.88 Å². The number of halogens is 1. The van der Waals surface area contributed by atoms with Gasteiger partial charge in [0.05, 0.1) is 12.2 Å². The zero-order chi connectivity index (χ0) is 13.1. The van der Waals surface area contributed by atoms with Crippen LogP contribution in [0.25, 0.3) is 10.9 Å². The molecule has 0 unspecified atom stereocenters. The molecule has 2 aromatic rings. The summed E-state index contributed by atoms with van der Waals surface area (Å²) in [4.78, 5) is 12.1. The molecule has 1 N–H and O–H groups in total. The van der Waals surface area contributed by atoms with Crippen molar-refractivity contribution in [3.8, 4) is 0 Å². The Hall–Kier alpha value is -1.33. The van der Waals surface area contributed by atoms with Crippen molar-refractivity contribution in [2.45, 2.75) is 0 Å². The summed E-state index contributed by atoms with van der Waals surface area (Å²) in [6, 6.07) is 5.92. The Balaban J connectivity index is 2.32. The fraction of sp³-hybridized carbons (Fsp3) is 0.308. The van der Waals surface area contributed by atoms with Gasteiger partial charge in [0.15, 0.2) is 0 Å². The molecule has 1 amide bonds. The van der Waals surface area contributed by atoms with Crippen molar-refractivity contribution in [1.29, 1.82) is 0 Å². The molecule has 0 aliphatic heterocycles. The van der Waals surface area contributed by atoms with Crippen LogP contribution in [-0.4, -0.2) is 30.7 Å². The fourth-order valence-corrected chi connectivity index (χ4v) is 2.27. The number of amides is 1. The molecule has 2 rings (SSSR count). The van der Waals surface area contributed by atoms with E-state index in [-0.39, 0.29) is 5.91 Å². The number of fused-ring (bicyclic) bond motifs is 1. The van der Waals surface area contributed by atoms with Crippen LogP contribution in [0, 0.1) is 0 Å². The average Bonchev–Trinajstić information content (AvgIpc) is 2.66. The monoisotopic (exact) mass is 310 g/mol. The molecule has 0 aliphatic carbocycles. The van der Waals surface area contributed by atoms with Crippen LogP contribution in [0.2, 0.25) is 0 Å². The van der Waals surface area contributed by atoms with Gasteiger partial charge in [-0.3, -0.25) is 4.79 Å². The molecule has 1 aromatic heterocycles. The molecule has 0 saturated carbocycles. The molecule has 0 aliphatic rings. The number of aryl methyl sites for hydroxylation is 1. The molecule has 1 aromatic carbocycles. The van der Waals surface area contributed by atoms with Gasteiger partial charge in [-0.05, 0) is 18.2 Å². The van der Waals surface area contributed by atoms with E-state index in [1.165, 1.54) is 0 Å². The van der Waals surface area contributed by atoms with Gasteiger partial charge in [0.2, 0.25) is 0 Å². The molecule has 18 heavy (non-hydrogen) atoms. The van der Waals surface area contributed by atoms with E-state index in [1.807, 2.05) is 36.0 Å². The van der Waals surface area contributed by atoms with E-state index >= 15 is 0 Å². The van der Waals surface area contributed by atoms with Crippen LogP contribution in [0.15, 0.2) is 28.9 Å². The van der Waals surface area contributed by atoms with Gasteiger partial charge in [-0.25, -0.2) is 0 Å². The predicted molar refractivity (Wildman–Crippen MR) is 74.8 cm³/mol. The summed E-state index contributed by atoms with van der Waals surface area (Å²) in [6.45, 7) is 1.03. The highest BCUT2D eigenvalue weighted by Crippen LogP contribution is 2.24. The first kappa shape index (κ1) is 13.1. The fourth-order valence-electron chi connectivity index (χ4n) is 1.91. The van der Waals surface area contributed by atoms with E-state index in [2.05, 4.69) is 21.2 Å². The van der Waals surface area contributed by atoms with Crippen LogP contribution < -0.4 is 5.32 Å². The maximum Gasteiger partial charge on any atom is 0.253 e. The highest BCUT2D eigenvalue weighted by molar-refractivity contribution is 9.10. The molecule has 0 bridgehead atoms. The van der Waals surface area contributed by atoms with E-state index in [1.54, 1.807) is 7.11 Å². The van der Waals surface area contributed by atoms with Gasteiger partial charge in [0.25, 0.3) is 5.91 Å². The highest BCUT2D eigenvalue weighted by atomic mass is 79.9. The van der Waals surface area contributed by atoms with Crippen LogP contribution in [-0.2, 0) is 11.8 Å². The number of carbonyl (C=O) groups excluding carboxylic acids is 1. The van der Waals surface area contributed by atoms with Crippen LogP contribution >= 0.6 is 15.9 Å². The maximum atomic E-state index is 12.1. The predicted octanol–water partition coefficient (Wildman–Crippen LogP) is 2.32. The number of nitrogens with one attached hydrogen (secondary N) is 1. The van der Waals surface area contributed by atoms with E-state index in [0.29, 0.717) is 18.7 Å². The van der Waals surface area contributed by atoms with E-state index in [0.717, 1.165) is 15.4 Å². The van der Waals surface area contributed by atoms with Crippen molar-refractivity contribution in [2.75, 3.05) is 20.3 Å². The largest absolute Gasteiger partial charge is 0.383 e. The van der Waals surface area contributed by atoms with Crippen molar-refractivity contribution in [3.63, 3.8) is 0 Å². The van der Waals surface area contributed by atoms with Crippen LogP contribution in [0.3, 0.4) is 0 Å². The first-order chi connectivity index (χ1) is 8.63. The van der Waals surface area contributed by atoms with Gasteiger partial charge in [-0.15, -0.1) is 0 Å². The van der Waals surface area contributed by atoms with E-state index in [9.17, 15) is 4.79 Å². The molecule has 5 heteroatoms. The quantitative estimate of drug-likeness (QED) is 0.881. The third-order valence-corrected chi connectivity index (χ3v) is 3.28. The van der Waals surface area contributed by atoms with Crippen LogP contribution in [0.5, 0.6) is 0 Å².